The van der Waals surface area contributed by atoms with E-state index in [2.05, 4.69) is 50.5 Å². The maximum atomic E-state index is 7.24. The van der Waals surface area contributed by atoms with Crippen LogP contribution >= 0.6 is 0 Å². The van der Waals surface area contributed by atoms with E-state index in [0.717, 1.165) is 41.0 Å². The summed E-state index contributed by atoms with van der Waals surface area (Å²) in [4.78, 5) is 0. The average Bonchev–Trinajstić information content (AvgIpc) is 3.58. The van der Waals surface area contributed by atoms with Crippen molar-refractivity contribution in [3.05, 3.63) is 24.3 Å². The summed E-state index contributed by atoms with van der Waals surface area (Å²) in [6, 6.07) is 2.68. The molecular weight excluding hydrogens is 453 g/mol. The molecule has 0 radical (unpaired) electrons. The Morgan fingerprint density at radius 1 is 0.667 bits per heavy atom. The number of hydrogen-bond acceptors (Lipinski definition) is 2. The van der Waals surface area contributed by atoms with Gasteiger partial charge < -0.3 is 8.23 Å². The molecule has 0 aromatic carbocycles. The highest BCUT2D eigenvalue weighted by molar-refractivity contribution is 6.82. The second kappa shape index (κ2) is 10.2. The van der Waals surface area contributed by atoms with Gasteiger partial charge in [0, 0.05) is 0 Å². The maximum absolute atomic E-state index is 7.24. The first-order valence-corrected chi connectivity index (χ1v) is 22.3. The van der Waals surface area contributed by atoms with Crippen LogP contribution in [0, 0.1) is 35.5 Å². The second-order valence-corrected chi connectivity index (χ2v) is 25.3. The Bertz CT molecular complexity index is 675. The highest BCUT2D eigenvalue weighted by Gasteiger charge is 2.42. The Balaban J connectivity index is 1.16. The molecule has 0 amide bonds. The summed E-state index contributed by atoms with van der Waals surface area (Å²) in [7, 11) is -4.99. The molecule has 0 spiro atoms. The van der Waals surface area contributed by atoms with Crippen molar-refractivity contribution in [2.45, 2.75) is 114 Å². The number of hydrogen-bond donors (Lipinski definition) is 0. The lowest BCUT2D eigenvalue weighted by molar-refractivity contribution is 0.349. The first kappa shape index (κ1) is 24.7. The normalized spacial score (nSPS) is 36.8. The van der Waals surface area contributed by atoms with E-state index in [1.807, 2.05) is 0 Å². The standard InChI is InChI=1S/C28H50O2Si3/c1-32(2,16-14-26-20-22-10-12-24(26)18-22)29-31(28-8-6-5-7-9-28)30-33(3,4)17-15-27-21-23-11-13-25(27)19-23/h10-13,22-28,31H,5-9,14-21H2,1-4H3. The largest absolute Gasteiger partial charge is 0.438 e. The van der Waals surface area contributed by atoms with Crippen molar-refractivity contribution in [3.8, 4) is 0 Å². The zero-order valence-electron chi connectivity index (χ0n) is 21.9. The van der Waals surface area contributed by atoms with E-state index >= 15 is 0 Å². The molecule has 0 saturated heterocycles. The summed E-state index contributed by atoms with van der Waals surface area (Å²) in [5.74, 6) is 5.44. The van der Waals surface area contributed by atoms with Crippen molar-refractivity contribution >= 4 is 25.9 Å². The third-order valence-electron chi connectivity index (χ3n) is 9.97. The lowest BCUT2D eigenvalue weighted by Gasteiger charge is -2.39. The summed E-state index contributed by atoms with van der Waals surface area (Å²) in [5, 5.41) is 0. The lowest BCUT2D eigenvalue weighted by atomic mass is 9.91. The molecule has 2 nitrogen and oxygen atoms in total. The molecule has 186 valence electrons. The summed E-state index contributed by atoms with van der Waals surface area (Å²) < 4.78 is 14.5. The van der Waals surface area contributed by atoms with Crippen molar-refractivity contribution in [2.24, 2.45) is 35.5 Å². The van der Waals surface area contributed by atoms with E-state index in [1.165, 1.54) is 82.7 Å². The molecule has 5 heteroatoms. The van der Waals surface area contributed by atoms with Crippen LogP contribution in [-0.2, 0) is 8.23 Å². The molecule has 0 N–H and O–H groups in total. The fraction of sp³-hybridized carbons (Fsp3) is 0.857. The van der Waals surface area contributed by atoms with Gasteiger partial charge in [-0.3, -0.25) is 0 Å². The lowest BCUT2D eigenvalue weighted by Crippen LogP contribution is -2.48. The smallest absolute Gasteiger partial charge is 0.304 e. The second-order valence-electron chi connectivity index (χ2n) is 13.7. The maximum Gasteiger partial charge on any atom is 0.304 e. The van der Waals surface area contributed by atoms with Gasteiger partial charge in [0.1, 0.15) is 0 Å². The van der Waals surface area contributed by atoms with Crippen LogP contribution in [0.1, 0.15) is 70.6 Å². The van der Waals surface area contributed by atoms with E-state index in [9.17, 15) is 0 Å². The van der Waals surface area contributed by atoms with Crippen LogP contribution in [0.4, 0.5) is 0 Å². The molecule has 3 saturated carbocycles. The molecule has 0 aromatic heterocycles. The van der Waals surface area contributed by atoms with Gasteiger partial charge in [-0.1, -0.05) is 56.4 Å². The molecule has 3 fully saturated rings. The van der Waals surface area contributed by atoms with E-state index in [1.54, 1.807) is 0 Å². The monoisotopic (exact) mass is 502 g/mol. The predicted octanol–water partition coefficient (Wildman–Crippen LogP) is 8.19. The molecule has 4 bridgehead atoms. The Morgan fingerprint density at radius 2 is 1.15 bits per heavy atom. The van der Waals surface area contributed by atoms with Gasteiger partial charge in [-0.15, -0.1) is 0 Å². The van der Waals surface area contributed by atoms with Crippen LogP contribution in [-0.4, -0.2) is 25.9 Å². The minimum absolute atomic E-state index is 0.771. The minimum Gasteiger partial charge on any atom is -0.438 e. The molecule has 5 aliphatic rings. The summed E-state index contributed by atoms with van der Waals surface area (Å²) >= 11 is 0. The summed E-state index contributed by atoms with van der Waals surface area (Å²) in [6.45, 7) is 10.0. The zero-order chi connectivity index (χ0) is 23.1. The molecule has 5 aliphatic carbocycles. The van der Waals surface area contributed by atoms with Gasteiger partial charge in [0.25, 0.3) is 0 Å². The topological polar surface area (TPSA) is 18.5 Å². The number of fused-ring (bicyclic) bond motifs is 4. The van der Waals surface area contributed by atoms with E-state index in [4.69, 9.17) is 8.23 Å². The van der Waals surface area contributed by atoms with E-state index < -0.39 is 25.9 Å². The van der Waals surface area contributed by atoms with E-state index in [-0.39, 0.29) is 0 Å². The van der Waals surface area contributed by atoms with Gasteiger partial charge >= 0.3 is 9.28 Å². The van der Waals surface area contributed by atoms with Crippen LogP contribution in [0.5, 0.6) is 0 Å². The van der Waals surface area contributed by atoms with E-state index in [0.29, 0.717) is 0 Å². The van der Waals surface area contributed by atoms with Crippen LogP contribution in [0.15, 0.2) is 24.3 Å². The van der Waals surface area contributed by atoms with Crippen molar-refractivity contribution in [1.82, 2.24) is 0 Å². The summed E-state index contributed by atoms with van der Waals surface area (Å²) in [5.41, 5.74) is 0.771. The first-order chi connectivity index (χ1) is 15.8. The molecular formula is C28H50O2Si3. The van der Waals surface area contributed by atoms with Crippen molar-refractivity contribution < 1.29 is 8.23 Å². The van der Waals surface area contributed by atoms with Crippen molar-refractivity contribution in [3.63, 3.8) is 0 Å². The molecule has 33 heavy (non-hydrogen) atoms. The van der Waals surface area contributed by atoms with Crippen molar-refractivity contribution in [1.29, 1.82) is 0 Å². The van der Waals surface area contributed by atoms with Gasteiger partial charge in [-0.2, -0.15) is 0 Å². The molecule has 6 unspecified atom stereocenters. The van der Waals surface area contributed by atoms with Crippen molar-refractivity contribution in [2.75, 3.05) is 0 Å². The number of allylic oxidation sites excluding steroid dienone is 4. The average molecular weight is 503 g/mol. The molecule has 0 aromatic rings. The quantitative estimate of drug-likeness (QED) is 0.209. The Labute approximate surface area is 208 Å². The fourth-order valence-corrected chi connectivity index (χ4v) is 19.2. The van der Waals surface area contributed by atoms with Crippen LogP contribution < -0.4 is 0 Å². The third kappa shape index (κ3) is 6.25. The van der Waals surface area contributed by atoms with Gasteiger partial charge in [0.05, 0.1) is 0 Å². The van der Waals surface area contributed by atoms with Gasteiger partial charge in [-0.05, 0) is 118 Å². The highest BCUT2D eigenvalue weighted by atomic mass is 28.4. The highest BCUT2D eigenvalue weighted by Crippen LogP contribution is 2.47. The van der Waals surface area contributed by atoms with Gasteiger partial charge in [-0.25, -0.2) is 0 Å². The fourth-order valence-electron chi connectivity index (χ4n) is 7.89. The molecule has 0 aliphatic heterocycles. The van der Waals surface area contributed by atoms with Crippen LogP contribution in [0.25, 0.3) is 0 Å². The predicted molar refractivity (Wildman–Crippen MR) is 148 cm³/mol. The zero-order valence-corrected chi connectivity index (χ0v) is 25.1. The van der Waals surface area contributed by atoms with Crippen LogP contribution in [0.2, 0.25) is 43.8 Å². The minimum atomic E-state index is -1.68. The third-order valence-corrected chi connectivity index (χ3v) is 21.4. The molecule has 0 heterocycles. The molecule has 6 atom stereocenters. The van der Waals surface area contributed by atoms with Gasteiger partial charge in [0.15, 0.2) is 16.6 Å². The van der Waals surface area contributed by atoms with Gasteiger partial charge in [0.2, 0.25) is 0 Å². The Morgan fingerprint density at radius 3 is 1.55 bits per heavy atom. The number of rotatable bonds is 11. The van der Waals surface area contributed by atoms with Crippen LogP contribution in [0.3, 0.4) is 0 Å². The first-order valence-electron chi connectivity index (χ1n) is 14.5. The Hall–Kier alpha value is 0.0506. The SMILES string of the molecule is C[Si](C)(CCC1CC2C=CC1C2)O[SiH](O[Si](C)(C)CCC1CC2C=CC1C2)C1CCCCC1. The molecule has 5 rings (SSSR count). The Kier molecular flexibility index (Phi) is 7.64. The summed E-state index contributed by atoms with van der Waals surface area (Å²) in [6.07, 6.45) is 25.6.